The number of carbonyl (C=O) groups excluding carboxylic acids is 2. The number of urea groups is 1. The van der Waals surface area contributed by atoms with Crippen LogP contribution in [-0.2, 0) is 4.79 Å². The van der Waals surface area contributed by atoms with Crippen molar-refractivity contribution in [3.63, 3.8) is 0 Å². The van der Waals surface area contributed by atoms with Gasteiger partial charge in [0.15, 0.2) is 6.04 Å². The van der Waals surface area contributed by atoms with E-state index in [1.54, 1.807) is 12.1 Å². The number of imide groups is 1. The normalized spacial score (nSPS) is 18.4. The third-order valence-corrected chi connectivity index (χ3v) is 2.00. The minimum absolute atomic E-state index is 0.150. The van der Waals surface area contributed by atoms with Gasteiger partial charge in [0, 0.05) is 5.56 Å². The van der Waals surface area contributed by atoms with E-state index in [0.29, 0.717) is 5.56 Å². The third kappa shape index (κ3) is 2.12. The summed E-state index contributed by atoms with van der Waals surface area (Å²) in [5.41, 5.74) is 0.659. The van der Waals surface area contributed by atoms with Crippen LogP contribution in [-0.4, -0.2) is 23.1 Å². The predicted molar refractivity (Wildman–Crippen MR) is 55.4 cm³/mol. The quantitative estimate of drug-likeness (QED) is 0.420. The number of amides is 3. The molecule has 0 aromatic heterocycles. The van der Waals surface area contributed by atoms with E-state index in [4.69, 9.17) is 5.11 Å². The fourth-order valence-electron chi connectivity index (χ4n) is 1.22. The maximum absolute atomic E-state index is 11.1. The Kier molecular flexibility index (Phi) is 2.48. The number of nitrogens with one attached hydrogen (secondary N) is 2. The van der Waals surface area contributed by atoms with Gasteiger partial charge in [-0.1, -0.05) is 11.8 Å². The number of rotatable bonds is 0. The van der Waals surface area contributed by atoms with Gasteiger partial charge in [0.1, 0.15) is 5.75 Å². The fourth-order valence-corrected chi connectivity index (χ4v) is 1.22. The van der Waals surface area contributed by atoms with Gasteiger partial charge in [0.2, 0.25) is 0 Å². The van der Waals surface area contributed by atoms with Gasteiger partial charge >= 0.3 is 6.03 Å². The van der Waals surface area contributed by atoms with Crippen LogP contribution in [0.2, 0.25) is 0 Å². The van der Waals surface area contributed by atoms with E-state index in [2.05, 4.69) is 22.5 Å². The summed E-state index contributed by atoms with van der Waals surface area (Å²) in [6, 6.07) is 4.90. The summed E-state index contributed by atoms with van der Waals surface area (Å²) in [4.78, 5) is 21.9. The van der Waals surface area contributed by atoms with Crippen molar-refractivity contribution in [2.24, 2.45) is 0 Å². The molecule has 5 heteroatoms. The average Bonchev–Trinajstić information content (AvgIpc) is 2.57. The van der Waals surface area contributed by atoms with Gasteiger partial charge in [-0.25, -0.2) is 4.79 Å². The molecule has 0 radical (unpaired) electrons. The summed E-state index contributed by atoms with van der Waals surface area (Å²) in [7, 11) is 0. The molecule has 1 aromatic carbocycles. The zero-order chi connectivity index (χ0) is 11.5. The van der Waals surface area contributed by atoms with E-state index in [-0.39, 0.29) is 5.75 Å². The van der Waals surface area contributed by atoms with Crippen LogP contribution < -0.4 is 10.6 Å². The molecule has 80 valence electrons. The number of benzene rings is 1. The highest BCUT2D eigenvalue weighted by Gasteiger charge is 2.27. The van der Waals surface area contributed by atoms with Crippen molar-refractivity contribution in [2.45, 2.75) is 6.04 Å². The molecule has 0 bridgehead atoms. The molecule has 1 unspecified atom stereocenters. The van der Waals surface area contributed by atoms with Crippen molar-refractivity contribution < 1.29 is 14.7 Å². The molecule has 1 aliphatic heterocycles. The van der Waals surface area contributed by atoms with Crippen molar-refractivity contribution in [3.05, 3.63) is 29.8 Å². The second-order valence-electron chi connectivity index (χ2n) is 3.21. The van der Waals surface area contributed by atoms with E-state index < -0.39 is 18.0 Å². The first-order valence-electron chi connectivity index (χ1n) is 4.57. The van der Waals surface area contributed by atoms with E-state index in [0.717, 1.165) is 0 Å². The first-order valence-corrected chi connectivity index (χ1v) is 4.57. The zero-order valence-electron chi connectivity index (χ0n) is 8.15. The lowest BCUT2D eigenvalue weighted by molar-refractivity contribution is -0.119. The summed E-state index contributed by atoms with van der Waals surface area (Å²) in [5.74, 6) is 5.05. The molecular weight excluding hydrogens is 208 g/mol. The molecular formula is C11H8N2O3. The van der Waals surface area contributed by atoms with Gasteiger partial charge in [-0.3, -0.25) is 10.1 Å². The number of phenols is 1. The molecule has 1 fully saturated rings. The SMILES string of the molecule is O=C1NC(=O)C(C#Cc2ccc(O)cc2)N1. The minimum atomic E-state index is -0.804. The lowest BCUT2D eigenvalue weighted by Crippen LogP contribution is -2.26. The molecule has 3 amide bonds. The van der Waals surface area contributed by atoms with Crippen LogP contribution in [0.25, 0.3) is 0 Å². The Balaban J connectivity index is 2.13. The minimum Gasteiger partial charge on any atom is -0.508 e. The highest BCUT2D eigenvalue weighted by molar-refractivity contribution is 6.05. The van der Waals surface area contributed by atoms with Crippen LogP contribution in [0.4, 0.5) is 4.79 Å². The van der Waals surface area contributed by atoms with Crippen molar-refractivity contribution in [2.75, 3.05) is 0 Å². The zero-order valence-corrected chi connectivity index (χ0v) is 8.15. The Labute approximate surface area is 91.5 Å². The second-order valence-corrected chi connectivity index (χ2v) is 3.21. The lowest BCUT2D eigenvalue weighted by Gasteiger charge is -1.95. The molecule has 5 nitrogen and oxygen atoms in total. The molecule has 0 spiro atoms. The molecule has 1 heterocycles. The Morgan fingerprint density at radius 1 is 1.19 bits per heavy atom. The summed E-state index contributed by atoms with van der Waals surface area (Å²) in [5, 5.41) is 13.5. The number of hydrogen-bond acceptors (Lipinski definition) is 3. The van der Waals surface area contributed by atoms with Gasteiger partial charge in [0.05, 0.1) is 0 Å². The molecule has 1 saturated heterocycles. The smallest absolute Gasteiger partial charge is 0.322 e. The number of carbonyl (C=O) groups is 2. The summed E-state index contributed by atoms with van der Waals surface area (Å²) >= 11 is 0. The Hall–Kier alpha value is -2.48. The van der Waals surface area contributed by atoms with E-state index in [9.17, 15) is 9.59 Å². The number of hydrogen-bond donors (Lipinski definition) is 3. The maximum Gasteiger partial charge on any atom is 0.322 e. The molecule has 0 aliphatic carbocycles. The predicted octanol–water partition coefficient (Wildman–Crippen LogP) is -0.0483. The van der Waals surface area contributed by atoms with Gasteiger partial charge in [-0.2, -0.15) is 0 Å². The van der Waals surface area contributed by atoms with Gasteiger partial charge in [-0.05, 0) is 24.3 Å². The summed E-state index contributed by atoms with van der Waals surface area (Å²) < 4.78 is 0. The monoisotopic (exact) mass is 216 g/mol. The van der Waals surface area contributed by atoms with Crippen LogP contribution in [0.5, 0.6) is 5.75 Å². The van der Waals surface area contributed by atoms with Crippen LogP contribution >= 0.6 is 0 Å². The second kappa shape index (κ2) is 3.95. The Bertz CT molecular complexity index is 496. The van der Waals surface area contributed by atoms with Crippen LogP contribution in [0.3, 0.4) is 0 Å². The first-order chi connectivity index (χ1) is 7.65. The standard InChI is InChI=1S/C11H8N2O3/c14-8-4-1-7(2-5-8)3-6-9-10(15)13-11(16)12-9/h1-2,4-5,9,14H,(H2,12,13,15,16). The summed E-state index contributed by atoms with van der Waals surface area (Å²) in [6.07, 6.45) is 0. The summed E-state index contributed by atoms with van der Waals surface area (Å²) in [6.45, 7) is 0. The van der Waals surface area contributed by atoms with E-state index in [1.165, 1.54) is 12.1 Å². The molecule has 1 atom stereocenters. The maximum atomic E-state index is 11.1. The molecule has 16 heavy (non-hydrogen) atoms. The van der Waals surface area contributed by atoms with Crippen LogP contribution in [0.1, 0.15) is 5.56 Å². The molecule has 1 aliphatic rings. The number of aromatic hydroxyl groups is 1. The van der Waals surface area contributed by atoms with Crippen molar-refractivity contribution in [3.8, 4) is 17.6 Å². The highest BCUT2D eigenvalue weighted by atomic mass is 16.3. The van der Waals surface area contributed by atoms with Crippen molar-refractivity contribution in [1.29, 1.82) is 0 Å². The highest BCUT2D eigenvalue weighted by Crippen LogP contribution is 2.08. The number of phenolic OH excluding ortho intramolecular Hbond substituents is 1. The van der Waals surface area contributed by atoms with Crippen molar-refractivity contribution >= 4 is 11.9 Å². The van der Waals surface area contributed by atoms with Gasteiger partial charge in [-0.15, -0.1) is 0 Å². The largest absolute Gasteiger partial charge is 0.508 e. The topological polar surface area (TPSA) is 78.4 Å². The van der Waals surface area contributed by atoms with Gasteiger partial charge < -0.3 is 10.4 Å². The Morgan fingerprint density at radius 3 is 2.44 bits per heavy atom. The fraction of sp³-hybridized carbons (Fsp3) is 0.0909. The molecule has 1 aromatic rings. The molecule has 2 rings (SSSR count). The molecule has 3 N–H and O–H groups in total. The van der Waals surface area contributed by atoms with Crippen molar-refractivity contribution in [1.82, 2.24) is 10.6 Å². The average molecular weight is 216 g/mol. The van der Waals surface area contributed by atoms with E-state index in [1.807, 2.05) is 0 Å². The third-order valence-electron chi connectivity index (χ3n) is 2.00. The Morgan fingerprint density at radius 2 is 1.88 bits per heavy atom. The van der Waals surface area contributed by atoms with E-state index >= 15 is 0 Å². The van der Waals surface area contributed by atoms with Gasteiger partial charge in [0.25, 0.3) is 5.91 Å². The lowest BCUT2D eigenvalue weighted by atomic mass is 10.2. The molecule has 0 saturated carbocycles. The van der Waals surface area contributed by atoms with Crippen LogP contribution in [0.15, 0.2) is 24.3 Å². The first kappa shape index (κ1) is 10.1. The van der Waals surface area contributed by atoms with Crippen LogP contribution in [0, 0.1) is 11.8 Å².